The van der Waals surface area contributed by atoms with Gasteiger partial charge in [-0.3, -0.25) is 4.79 Å². The van der Waals surface area contributed by atoms with Gasteiger partial charge in [0.15, 0.2) is 0 Å². The Morgan fingerprint density at radius 3 is 2.78 bits per heavy atom. The second-order valence-electron chi connectivity index (χ2n) is 5.23. The van der Waals surface area contributed by atoms with Crippen molar-refractivity contribution in [1.82, 2.24) is 5.32 Å². The van der Waals surface area contributed by atoms with Crippen LogP contribution in [-0.4, -0.2) is 12.5 Å². The van der Waals surface area contributed by atoms with Crippen LogP contribution in [0.15, 0.2) is 36.4 Å². The summed E-state index contributed by atoms with van der Waals surface area (Å²) in [6.07, 6.45) is 7.11. The minimum atomic E-state index is -0.0626. The van der Waals surface area contributed by atoms with E-state index in [0.29, 0.717) is 22.4 Å². The summed E-state index contributed by atoms with van der Waals surface area (Å²) in [5.41, 5.74) is 0.567. The first-order valence-electron chi connectivity index (χ1n) is 6.45. The highest BCUT2D eigenvalue weighted by Gasteiger charge is 2.35. The highest BCUT2D eigenvalue weighted by Crippen LogP contribution is 2.42. The Hall–Kier alpha value is -1.28. The van der Waals surface area contributed by atoms with Crippen molar-refractivity contribution in [3.8, 4) is 0 Å². The number of carbonyl (C=O) groups excluding carboxylic acids is 1. The molecule has 94 valence electrons. The first kappa shape index (κ1) is 11.8. The molecule has 0 aromatic heterocycles. The lowest BCUT2D eigenvalue weighted by Crippen LogP contribution is -2.31. The van der Waals surface area contributed by atoms with Crippen LogP contribution < -0.4 is 5.32 Å². The van der Waals surface area contributed by atoms with Crippen LogP contribution in [0.4, 0.5) is 0 Å². The van der Waals surface area contributed by atoms with Gasteiger partial charge >= 0.3 is 0 Å². The van der Waals surface area contributed by atoms with Crippen molar-refractivity contribution in [2.75, 3.05) is 6.54 Å². The van der Waals surface area contributed by atoms with Crippen molar-refractivity contribution < 1.29 is 4.79 Å². The summed E-state index contributed by atoms with van der Waals surface area (Å²) >= 11 is 6.01. The van der Waals surface area contributed by atoms with Gasteiger partial charge in [0, 0.05) is 6.54 Å². The van der Waals surface area contributed by atoms with Gasteiger partial charge in [0.25, 0.3) is 5.91 Å². The van der Waals surface area contributed by atoms with Gasteiger partial charge in [-0.2, -0.15) is 0 Å². The number of nitrogens with one attached hydrogen (secondary N) is 1. The highest BCUT2D eigenvalue weighted by molar-refractivity contribution is 6.33. The molecule has 1 N–H and O–H groups in total. The molecular formula is C15H16ClNO. The number of fused-ring (bicyclic) bond motifs is 2. The maximum absolute atomic E-state index is 12.0. The Kier molecular flexibility index (Phi) is 3.13. The van der Waals surface area contributed by atoms with E-state index in [0.717, 1.165) is 12.5 Å². The number of hydrogen-bond donors (Lipinski definition) is 1. The van der Waals surface area contributed by atoms with Crippen molar-refractivity contribution in [3.63, 3.8) is 0 Å². The molecular weight excluding hydrogens is 246 g/mol. The molecule has 0 heterocycles. The Morgan fingerprint density at radius 1 is 1.28 bits per heavy atom. The largest absolute Gasteiger partial charge is 0.352 e. The van der Waals surface area contributed by atoms with E-state index in [-0.39, 0.29) is 5.91 Å². The summed E-state index contributed by atoms with van der Waals surface area (Å²) in [6.45, 7) is 0.759. The molecule has 0 radical (unpaired) electrons. The molecule has 3 rings (SSSR count). The smallest absolute Gasteiger partial charge is 0.252 e. The van der Waals surface area contributed by atoms with E-state index < -0.39 is 0 Å². The molecule has 1 saturated carbocycles. The number of allylic oxidation sites excluding steroid dienone is 2. The summed E-state index contributed by atoms with van der Waals surface area (Å²) in [5, 5.41) is 3.53. The van der Waals surface area contributed by atoms with E-state index in [1.54, 1.807) is 12.1 Å². The van der Waals surface area contributed by atoms with Gasteiger partial charge in [-0.1, -0.05) is 35.9 Å². The lowest BCUT2D eigenvalue weighted by Gasteiger charge is -2.18. The van der Waals surface area contributed by atoms with Crippen molar-refractivity contribution in [2.45, 2.75) is 12.8 Å². The zero-order valence-electron chi connectivity index (χ0n) is 10.1. The summed E-state index contributed by atoms with van der Waals surface area (Å²) in [6, 6.07) is 7.18. The molecule has 18 heavy (non-hydrogen) atoms. The molecule has 2 aliphatic rings. The summed E-state index contributed by atoms with van der Waals surface area (Å²) in [4.78, 5) is 12.0. The predicted molar refractivity (Wildman–Crippen MR) is 72.6 cm³/mol. The van der Waals surface area contributed by atoms with Gasteiger partial charge in [-0.25, -0.2) is 0 Å². The molecule has 0 aliphatic heterocycles. The monoisotopic (exact) mass is 261 g/mol. The van der Waals surface area contributed by atoms with Crippen LogP contribution in [0.5, 0.6) is 0 Å². The van der Waals surface area contributed by atoms with Crippen LogP contribution in [0.25, 0.3) is 0 Å². The molecule has 1 amide bonds. The Balaban J connectivity index is 1.59. The fourth-order valence-electron chi connectivity index (χ4n) is 3.09. The molecule has 1 aromatic rings. The SMILES string of the molecule is O=C(NC[C@@H]1C[C@H]2C=C[C@H]1C2)c1ccccc1Cl. The molecule has 2 nitrogen and oxygen atoms in total. The van der Waals surface area contributed by atoms with Crippen LogP contribution in [-0.2, 0) is 0 Å². The van der Waals surface area contributed by atoms with Gasteiger partial charge in [-0.05, 0) is 42.7 Å². The van der Waals surface area contributed by atoms with Gasteiger partial charge in [0.05, 0.1) is 10.6 Å². The molecule has 2 bridgehead atoms. The standard InChI is InChI=1S/C15H16ClNO/c16-14-4-2-1-3-13(14)15(18)17-9-12-8-10-5-6-11(12)7-10/h1-6,10-12H,7-9H2,(H,17,18)/t10-,11-,12-/m0/s1. The third kappa shape index (κ3) is 2.17. The maximum Gasteiger partial charge on any atom is 0.252 e. The molecule has 0 saturated heterocycles. The number of amides is 1. The number of benzene rings is 1. The van der Waals surface area contributed by atoms with Crippen molar-refractivity contribution >= 4 is 17.5 Å². The fourth-order valence-corrected chi connectivity index (χ4v) is 3.32. The lowest BCUT2D eigenvalue weighted by atomic mass is 9.93. The molecule has 0 unspecified atom stereocenters. The molecule has 1 aromatic carbocycles. The van der Waals surface area contributed by atoms with Crippen molar-refractivity contribution in [1.29, 1.82) is 0 Å². The fraction of sp³-hybridized carbons (Fsp3) is 0.400. The Bertz CT molecular complexity index is 497. The minimum absolute atomic E-state index is 0.0626. The Labute approximate surface area is 112 Å². The molecule has 3 heteroatoms. The maximum atomic E-state index is 12.0. The van der Waals surface area contributed by atoms with Crippen molar-refractivity contribution in [3.05, 3.63) is 47.0 Å². The first-order chi connectivity index (χ1) is 8.74. The zero-order valence-corrected chi connectivity index (χ0v) is 10.9. The molecule has 3 atom stereocenters. The van der Waals surface area contributed by atoms with Crippen LogP contribution >= 0.6 is 11.6 Å². The average Bonchev–Trinajstić information content (AvgIpc) is 2.98. The molecule has 0 spiro atoms. The summed E-state index contributed by atoms with van der Waals surface area (Å²) in [7, 11) is 0. The normalized spacial score (nSPS) is 28.6. The van der Waals surface area contributed by atoms with E-state index >= 15 is 0 Å². The van der Waals surface area contributed by atoms with E-state index in [1.807, 2.05) is 12.1 Å². The number of rotatable bonds is 3. The van der Waals surface area contributed by atoms with E-state index in [4.69, 9.17) is 11.6 Å². The summed E-state index contributed by atoms with van der Waals surface area (Å²) in [5.74, 6) is 1.96. The number of halogens is 1. The highest BCUT2D eigenvalue weighted by atomic mass is 35.5. The lowest BCUT2D eigenvalue weighted by molar-refractivity contribution is 0.0945. The van der Waals surface area contributed by atoms with E-state index in [1.165, 1.54) is 12.8 Å². The second-order valence-corrected chi connectivity index (χ2v) is 5.64. The number of carbonyl (C=O) groups is 1. The number of hydrogen-bond acceptors (Lipinski definition) is 1. The third-order valence-electron chi connectivity index (χ3n) is 4.06. The molecule has 1 fully saturated rings. The van der Waals surface area contributed by atoms with Gasteiger partial charge < -0.3 is 5.32 Å². The van der Waals surface area contributed by atoms with Gasteiger partial charge in [-0.15, -0.1) is 0 Å². The predicted octanol–water partition coefficient (Wildman–Crippen LogP) is 3.28. The van der Waals surface area contributed by atoms with Gasteiger partial charge in [0.2, 0.25) is 0 Å². The van der Waals surface area contributed by atoms with Crippen LogP contribution in [0.1, 0.15) is 23.2 Å². The third-order valence-corrected chi connectivity index (χ3v) is 4.39. The molecule has 2 aliphatic carbocycles. The Morgan fingerprint density at radius 2 is 2.11 bits per heavy atom. The van der Waals surface area contributed by atoms with Crippen LogP contribution in [0, 0.1) is 17.8 Å². The topological polar surface area (TPSA) is 29.1 Å². The second kappa shape index (κ2) is 4.77. The van der Waals surface area contributed by atoms with Crippen molar-refractivity contribution in [2.24, 2.45) is 17.8 Å². The average molecular weight is 262 g/mol. The van der Waals surface area contributed by atoms with Gasteiger partial charge in [0.1, 0.15) is 0 Å². The summed E-state index contributed by atoms with van der Waals surface area (Å²) < 4.78 is 0. The zero-order chi connectivity index (χ0) is 12.5. The van der Waals surface area contributed by atoms with E-state index in [2.05, 4.69) is 17.5 Å². The first-order valence-corrected chi connectivity index (χ1v) is 6.83. The quantitative estimate of drug-likeness (QED) is 0.832. The van der Waals surface area contributed by atoms with Crippen LogP contribution in [0.2, 0.25) is 5.02 Å². The van der Waals surface area contributed by atoms with Crippen LogP contribution in [0.3, 0.4) is 0 Å². The minimum Gasteiger partial charge on any atom is -0.352 e. The van der Waals surface area contributed by atoms with E-state index in [9.17, 15) is 4.79 Å².